The van der Waals surface area contributed by atoms with E-state index in [1.54, 1.807) is 24.3 Å². The van der Waals surface area contributed by atoms with Crippen LogP contribution in [0.3, 0.4) is 0 Å². The van der Waals surface area contributed by atoms with Gasteiger partial charge in [0.1, 0.15) is 18.4 Å². The Hall–Kier alpha value is -1.64. The molecular weight excluding hydrogens is 360 g/mol. The average molecular weight is 385 g/mol. The van der Waals surface area contributed by atoms with E-state index in [0.29, 0.717) is 35.8 Å². The van der Waals surface area contributed by atoms with Crippen molar-refractivity contribution in [2.24, 2.45) is 5.73 Å². The molecule has 0 radical (unpaired) electrons. The summed E-state index contributed by atoms with van der Waals surface area (Å²) in [5, 5.41) is 11.7. The summed E-state index contributed by atoms with van der Waals surface area (Å²) in [4.78, 5) is 23.3. The number of hydrogen-bond donors (Lipinski definition) is 4. The number of carbonyl (C=O) groups is 2. The van der Waals surface area contributed by atoms with Crippen LogP contribution in [0, 0.1) is 0 Å². The molecule has 0 aliphatic heterocycles. The lowest BCUT2D eigenvalue weighted by molar-refractivity contribution is -0.139. The molecule has 1 aromatic rings. The molecule has 0 aromatic heterocycles. The Labute approximate surface area is 157 Å². The maximum Gasteiger partial charge on any atom is 0.326 e. The van der Waals surface area contributed by atoms with Gasteiger partial charge < -0.3 is 20.9 Å². The lowest BCUT2D eigenvalue weighted by Gasteiger charge is -2.14. The molecule has 0 aliphatic carbocycles. The number of benzene rings is 1. The van der Waals surface area contributed by atoms with Gasteiger partial charge in [0.05, 0.1) is 0 Å². The minimum atomic E-state index is -1.03. The van der Waals surface area contributed by atoms with Crippen molar-refractivity contribution < 1.29 is 19.4 Å². The van der Waals surface area contributed by atoms with E-state index in [1.165, 1.54) is 11.8 Å². The largest absolute Gasteiger partial charge is 0.490 e. The molecule has 8 heteroatoms. The minimum absolute atomic E-state index is 0.105. The molecule has 1 rings (SSSR count). The van der Waals surface area contributed by atoms with Gasteiger partial charge in [-0.25, -0.2) is 4.79 Å². The highest BCUT2D eigenvalue weighted by Gasteiger charge is 2.20. The van der Waals surface area contributed by atoms with E-state index >= 15 is 0 Å². The zero-order chi connectivity index (χ0) is 18.7. The van der Waals surface area contributed by atoms with Gasteiger partial charge in [0.2, 0.25) is 0 Å². The van der Waals surface area contributed by atoms with Gasteiger partial charge in [-0.1, -0.05) is 6.08 Å². The second-order valence-corrected chi connectivity index (χ2v) is 6.61. The predicted molar refractivity (Wildman–Crippen MR) is 105 cm³/mol. The molecule has 0 bridgehead atoms. The second-order valence-electron chi connectivity index (χ2n) is 5.26. The van der Waals surface area contributed by atoms with Crippen molar-refractivity contribution in [2.45, 2.75) is 18.5 Å². The van der Waals surface area contributed by atoms with Crippen molar-refractivity contribution in [1.29, 1.82) is 0 Å². The quantitative estimate of drug-likeness (QED) is 0.343. The Morgan fingerprint density at radius 3 is 2.64 bits per heavy atom. The molecule has 2 unspecified atom stereocenters. The molecule has 138 valence electrons. The van der Waals surface area contributed by atoms with Gasteiger partial charge >= 0.3 is 5.97 Å². The SMILES string of the molecule is CSCCC(NC(=O)c1ccc(OC/C=C/C(N)CS)cc1)C(=O)O. The van der Waals surface area contributed by atoms with Crippen LogP contribution < -0.4 is 15.8 Å². The zero-order valence-corrected chi connectivity index (χ0v) is 15.8. The number of nitrogens with one attached hydrogen (secondary N) is 1. The summed E-state index contributed by atoms with van der Waals surface area (Å²) in [5.74, 6) is 0.384. The summed E-state index contributed by atoms with van der Waals surface area (Å²) in [6.07, 6.45) is 5.89. The molecular formula is C17H24N2O4S2. The first kappa shape index (κ1) is 21.4. The molecule has 0 fully saturated rings. The Kier molecular flexibility index (Phi) is 10.1. The summed E-state index contributed by atoms with van der Waals surface area (Å²) < 4.78 is 5.51. The van der Waals surface area contributed by atoms with E-state index in [-0.39, 0.29) is 6.04 Å². The average Bonchev–Trinajstić information content (AvgIpc) is 2.62. The summed E-state index contributed by atoms with van der Waals surface area (Å²) >= 11 is 5.62. The van der Waals surface area contributed by atoms with Crippen molar-refractivity contribution >= 4 is 36.3 Å². The van der Waals surface area contributed by atoms with E-state index < -0.39 is 17.9 Å². The van der Waals surface area contributed by atoms with Crippen LogP contribution in [-0.2, 0) is 4.79 Å². The number of rotatable bonds is 11. The summed E-state index contributed by atoms with van der Waals surface area (Å²) in [6, 6.07) is 5.53. The van der Waals surface area contributed by atoms with Crippen LogP contribution in [0.4, 0.5) is 0 Å². The Morgan fingerprint density at radius 1 is 1.40 bits per heavy atom. The standard InChI is InChI=1S/C17H24N2O4S2/c1-25-10-8-15(17(21)22)19-16(20)12-4-6-14(7-5-12)23-9-2-3-13(18)11-24/h2-7,13,15,24H,8-11,18H2,1H3,(H,19,20)(H,21,22)/b3-2+. The highest BCUT2D eigenvalue weighted by atomic mass is 32.2. The van der Waals surface area contributed by atoms with Gasteiger partial charge in [0, 0.05) is 17.4 Å². The maximum atomic E-state index is 12.1. The van der Waals surface area contributed by atoms with Crippen molar-refractivity contribution in [2.75, 3.05) is 24.4 Å². The molecule has 0 aliphatic rings. The predicted octanol–water partition coefficient (Wildman–Crippen LogP) is 1.81. The minimum Gasteiger partial charge on any atom is -0.490 e. The fourth-order valence-electron chi connectivity index (χ4n) is 1.87. The summed E-state index contributed by atoms with van der Waals surface area (Å²) in [6.45, 7) is 0.364. The van der Waals surface area contributed by atoms with Crippen molar-refractivity contribution in [3.8, 4) is 5.75 Å². The monoisotopic (exact) mass is 384 g/mol. The van der Waals surface area contributed by atoms with Gasteiger partial charge in [0.25, 0.3) is 5.91 Å². The van der Waals surface area contributed by atoms with E-state index in [1.807, 2.05) is 18.4 Å². The third-order valence-electron chi connectivity index (χ3n) is 3.27. The van der Waals surface area contributed by atoms with Crippen LogP contribution in [0.1, 0.15) is 16.8 Å². The van der Waals surface area contributed by atoms with Crippen LogP contribution in [-0.4, -0.2) is 53.4 Å². The molecule has 1 aromatic carbocycles. The summed E-state index contributed by atoms with van der Waals surface area (Å²) in [7, 11) is 0. The molecule has 1 amide bonds. The number of ether oxygens (including phenoxy) is 1. The molecule has 25 heavy (non-hydrogen) atoms. The molecule has 0 saturated carbocycles. The zero-order valence-electron chi connectivity index (χ0n) is 14.1. The molecule has 6 nitrogen and oxygen atoms in total. The van der Waals surface area contributed by atoms with E-state index in [4.69, 9.17) is 15.6 Å². The van der Waals surface area contributed by atoms with Crippen LogP contribution in [0.2, 0.25) is 0 Å². The van der Waals surface area contributed by atoms with Gasteiger partial charge in [-0.3, -0.25) is 4.79 Å². The van der Waals surface area contributed by atoms with Crippen molar-refractivity contribution in [3.05, 3.63) is 42.0 Å². The topological polar surface area (TPSA) is 102 Å². The van der Waals surface area contributed by atoms with Crippen molar-refractivity contribution in [3.63, 3.8) is 0 Å². The Balaban J connectivity index is 2.55. The molecule has 0 heterocycles. The summed E-state index contributed by atoms with van der Waals surface area (Å²) in [5.41, 5.74) is 6.08. The van der Waals surface area contributed by atoms with E-state index in [0.717, 1.165) is 0 Å². The number of hydrogen-bond acceptors (Lipinski definition) is 6. The first-order valence-corrected chi connectivity index (χ1v) is 9.79. The smallest absolute Gasteiger partial charge is 0.326 e. The number of nitrogens with two attached hydrogens (primary N) is 1. The first-order chi connectivity index (χ1) is 12.0. The number of carboxylic acid groups (broad SMARTS) is 1. The van der Waals surface area contributed by atoms with Gasteiger partial charge in [0.15, 0.2) is 0 Å². The van der Waals surface area contributed by atoms with Gasteiger partial charge in [-0.2, -0.15) is 24.4 Å². The van der Waals surface area contributed by atoms with Crippen LogP contribution in [0.5, 0.6) is 5.75 Å². The van der Waals surface area contributed by atoms with Gasteiger partial charge in [-0.05, 0) is 48.8 Å². The Morgan fingerprint density at radius 2 is 2.08 bits per heavy atom. The van der Waals surface area contributed by atoms with Crippen LogP contribution in [0.15, 0.2) is 36.4 Å². The van der Waals surface area contributed by atoms with Gasteiger partial charge in [-0.15, -0.1) is 0 Å². The first-order valence-electron chi connectivity index (χ1n) is 7.76. The number of thiol groups is 1. The van der Waals surface area contributed by atoms with Crippen molar-refractivity contribution in [1.82, 2.24) is 5.32 Å². The Bertz CT molecular complexity index is 579. The van der Waals surface area contributed by atoms with E-state index in [9.17, 15) is 9.59 Å². The highest BCUT2D eigenvalue weighted by Crippen LogP contribution is 2.13. The molecule has 0 spiro atoms. The normalized spacial score (nSPS) is 13.4. The lowest BCUT2D eigenvalue weighted by atomic mass is 10.1. The fraction of sp³-hybridized carbons (Fsp3) is 0.412. The van der Waals surface area contributed by atoms with Crippen LogP contribution >= 0.6 is 24.4 Å². The number of carbonyl (C=O) groups excluding carboxylic acids is 1. The maximum absolute atomic E-state index is 12.1. The highest BCUT2D eigenvalue weighted by molar-refractivity contribution is 7.98. The number of thioether (sulfide) groups is 1. The van der Waals surface area contributed by atoms with E-state index in [2.05, 4.69) is 17.9 Å². The molecule has 4 N–H and O–H groups in total. The fourth-order valence-corrected chi connectivity index (χ4v) is 2.47. The molecule has 0 saturated heterocycles. The number of carboxylic acids is 1. The molecule has 2 atom stereocenters. The lowest BCUT2D eigenvalue weighted by Crippen LogP contribution is -2.41. The third-order valence-corrected chi connectivity index (χ3v) is 4.34. The third kappa shape index (κ3) is 8.33. The van der Waals surface area contributed by atoms with Crippen LogP contribution in [0.25, 0.3) is 0 Å². The number of aliphatic carboxylic acids is 1. The second kappa shape index (κ2) is 11.8. The number of amides is 1.